The first-order valence-corrected chi connectivity index (χ1v) is 7.93. The minimum absolute atomic E-state index is 0.0139. The van der Waals surface area contributed by atoms with Crippen LogP contribution in [0, 0.1) is 11.3 Å². The van der Waals surface area contributed by atoms with Crippen molar-refractivity contribution >= 4 is 6.03 Å². The Bertz CT molecular complexity index is 351. The molecule has 1 aliphatic heterocycles. The summed E-state index contributed by atoms with van der Waals surface area (Å²) in [5.41, 5.74) is 0. The second-order valence-electron chi connectivity index (χ2n) is 5.89. The number of amides is 2. The third kappa shape index (κ3) is 3.86. The van der Waals surface area contributed by atoms with Crippen LogP contribution in [0.25, 0.3) is 0 Å². The molecule has 0 aromatic carbocycles. The molecule has 20 heavy (non-hydrogen) atoms. The number of rotatable bonds is 4. The van der Waals surface area contributed by atoms with Gasteiger partial charge in [0, 0.05) is 32.2 Å². The smallest absolute Gasteiger partial charge is 0.317 e. The standard InChI is InChI=1S/C15H26N4O/c1-2-5-14(12-16)18-8-10-19(11-9-18)15(20)17-13-6-3-4-7-13/h13-14H,2-11H2,1H3,(H,17,20). The maximum Gasteiger partial charge on any atom is 0.317 e. The summed E-state index contributed by atoms with van der Waals surface area (Å²) >= 11 is 0. The summed E-state index contributed by atoms with van der Waals surface area (Å²) in [6.45, 7) is 5.21. The van der Waals surface area contributed by atoms with Crippen molar-refractivity contribution in [3.8, 4) is 6.07 Å². The van der Waals surface area contributed by atoms with Gasteiger partial charge in [0.25, 0.3) is 0 Å². The quantitative estimate of drug-likeness (QED) is 0.855. The van der Waals surface area contributed by atoms with Crippen molar-refractivity contribution < 1.29 is 4.79 Å². The Kier molecular flexibility index (Phi) is 5.66. The Labute approximate surface area is 121 Å². The van der Waals surface area contributed by atoms with Gasteiger partial charge in [-0.2, -0.15) is 5.26 Å². The number of carbonyl (C=O) groups excluding carboxylic acids is 1. The van der Waals surface area contributed by atoms with Crippen molar-refractivity contribution in [2.75, 3.05) is 26.2 Å². The molecule has 2 fully saturated rings. The van der Waals surface area contributed by atoms with Gasteiger partial charge < -0.3 is 10.2 Å². The molecule has 0 radical (unpaired) electrons. The number of nitrogens with one attached hydrogen (secondary N) is 1. The number of hydrogen-bond donors (Lipinski definition) is 1. The fourth-order valence-corrected chi connectivity index (χ4v) is 3.17. The molecular formula is C15H26N4O. The van der Waals surface area contributed by atoms with Crippen LogP contribution in [0.4, 0.5) is 4.79 Å². The molecule has 0 spiro atoms. The fourth-order valence-electron chi connectivity index (χ4n) is 3.17. The summed E-state index contributed by atoms with van der Waals surface area (Å²) in [4.78, 5) is 16.3. The largest absolute Gasteiger partial charge is 0.335 e. The molecule has 1 saturated carbocycles. The van der Waals surface area contributed by atoms with Crippen LogP contribution in [-0.4, -0.2) is 54.1 Å². The van der Waals surface area contributed by atoms with E-state index >= 15 is 0 Å². The molecule has 0 aromatic heterocycles. The molecule has 112 valence electrons. The molecule has 0 aromatic rings. The van der Waals surface area contributed by atoms with E-state index in [1.165, 1.54) is 12.8 Å². The number of carbonyl (C=O) groups is 1. The van der Waals surface area contributed by atoms with Crippen LogP contribution in [-0.2, 0) is 0 Å². The molecule has 2 aliphatic rings. The first-order chi connectivity index (χ1) is 9.74. The van der Waals surface area contributed by atoms with E-state index in [4.69, 9.17) is 0 Å². The Morgan fingerprint density at radius 2 is 1.95 bits per heavy atom. The highest BCUT2D eigenvalue weighted by atomic mass is 16.2. The lowest BCUT2D eigenvalue weighted by Crippen LogP contribution is -2.55. The molecule has 1 unspecified atom stereocenters. The number of nitriles is 1. The van der Waals surface area contributed by atoms with Crippen LogP contribution in [0.5, 0.6) is 0 Å². The van der Waals surface area contributed by atoms with Gasteiger partial charge in [-0.1, -0.05) is 26.2 Å². The summed E-state index contributed by atoms with van der Waals surface area (Å²) in [5.74, 6) is 0. The fraction of sp³-hybridized carbons (Fsp3) is 0.867. The average molecular weight is 278 g/mol. The highest BCUT2D eigenvalue weighted by molar-refractivity contribution is 5.74. The maximum absolute atomic E-state index is 12.2. The molecular weight excluding hydrogens is 252 g/mol. The van der Waals surface area contributed by atoms with Crippen molar-refractivity contribution in [1.82, 2.24) is 15.1 Å². The molecule has 5 nitrogen and oxygen atoms in total. The Hall–Kier alpha value is -1.28. The predicted octanol–water partition coefficient (Wildman–Crippen LogP) is 1.95. The topological polar surface area (TPSA) is 59.4 Å². The van der Waals surface area contributed by atoms with Crippen LogP contribution >= 0.6 is 0 Å². The molecule has 5 heteroatoms. The third-order valence-corrected chi connectivity index (χ3v) is 4.44. The van der Waals surface area contributed by atoms with Crippen LogP contribution in [0.1, 0.15) is 45.4 Å². The summed E-state index contributed by atoms with van der Waals surface area (Å²) in [6.07, 6.45) is 6.67. The minimum atomic E-state index is 0.0139. The van der Waals surface area contributed by atoms with Crippen LogP contribution in [0.3, 0.4) is 0 Å². The van der Waals surface area contributed by atoms with E-state index in [2.05, 4.69) is 23.2 Å². The van der Waals surface area contributed by atoms with Crippen molar-refractivity contribution in [3.05, 3.63) is 0 Å². The number of piperazine rings is 1. The number of hydrogen-bond acceptors (Lipinski definition) is 3. The third-order valence-electron chi connectivity index (χ3n) is 4.44. The average Bonchev–Trinajstić information content (AvgIpc) is 2.98. The van der Waals surface area contributed by atoms with Crippen molar-refractivity contribution in [2.24, 2.45) is 0 Å². The van der Waals surface area contributed by atoms with Crippen molar-refractivity contribution in [3.63, 3.8) is 0 Å². The maximum atomic E-state index is 12.2. The molecule has 2 rings (SSSR count). The van der Waals surface area contributed by atoms with Crippen molar-refractivity contribution in [1.29, 1.82) is 5.26 Å². The lowest BCUT2D eigenvalue weighted by molar-refractivity contribution is 0.120. The second-order valence-corrected chi connectivity index (χ2v) is 5.89. The van der Waals surface area contributed by atoms with E-state index in [9.17, 15) is 10.1 Å². The highest BCUT2D eigenvalue weighted by Gasteiger charge is 2.27. The summed E-state index contributed by atoms with van der Waals surface area (Å²) in [6, 6.07) is 2.86. The molecule has 2 amide bonds. The van der Waals surface area contributed by atoms with Gasteiger partial charge in [0.1, 0.15) is 0 Å². The number of nitrogens with zero attached hydrogens (tertiary/aromatic N) is 3. The van der Waals surface area contributed by atoms with Gasteiger partial charge in [0.2, 0.25) is 0 Å². The van der Waals surface area contributed by atoms with E-state index in [0.29, 0.717) is 6.04 Å². The van der Waals surface area contributed by atoms with Gasteiger partial charge >= 0.3 is 6.03 Å². The van der Waals surface area contributed by atoms with Crippen LogP contribution < -0.4 is 5.32 Å². The summed E-state index contributed by atoms with van der Waals surface area (Å²) in [5, 5.41) is 12.3. The zero-order valence-electron chi connectivity index (χ0n) is 12.5. The zero-order chi connectivity index (χ0) is 14.4. The van der Waals surface area contributed by atoms with Crippen LogP contribution in [0.2, 0.25) is 0 Å². The number of urea groups is 1. The van der Waals surface area contributed by atoms with Crippen molar-refractivity contribution in [2.45, 2.75) is 57.5 Å². The lowest BCUT2D eigenvalue weighted by Gasteiger charge is -2.37. The van der Waals surface area contributed by atoms with E-state index in [1.807, 2.05) is 4.90 Å². The van der Waals surface area contributed by atoms with Gasteiger partial charge in [-0.15, -0.1) is 0 Å². The van der Waals surface area contributed by atoms with Gasteiger partial charge in [0.15, 0.2) is 0 Å². The lowest BCUT2D eigenvalue weighted by atomic mass is 10.1. The normalized spacial score (nSPS) is 22.5. The van der Waals surface area contributed by atoms with Crippen LogP contribution in [0.15, 0.2) is 0 Å². The Morgan fingerprint density at radius 1 is 1.30 bits per heavy atom. The summed E-state index contributed by atoms with van der Waals surface area (Å²) in [7, 11) is 0. The van der Waals surface area contributed by atoms with E-state index in [0.717, 1.165) is 51.9 Å². The second kappa shape index (κ2) is 7.49. The molecule has 1 saturated heterocycles. The van der Waals surface area contributed by atoms with E-state index in [1.54, 1.807) is 0 Å². The SMILES string of the molecule is CCCC(C#N)N1CCN(C(=O)NC2CCCC2)CC1. The molecule has 0 bridgehead atoms. The Balaban J connectivity index is 1.75. The van der Waals surface area contributed by atoms with Gasteiger partial charge in [-0.25, -0.2) is 4.79 Å². The molecule has 1 aliphatic carbocycles. The Morgan fingerprint density at radius 3 is 2.50 bits per heavy atom. The predicted molar refractivity (Wildman–Crippen MR) is 78.2 cm³/mol. The van der Waals surface area contributed by atoms with E-state index < -0.39 is 0 Å². The molecule has 1 atom stereocenters. The monoisotopic (exact) mass is 278 g/mol. The highest BCUT2D eigenvalue weighted by Crippen LogP contribution is 2.18. The van der Waals surface area contributed by atoms with Gasteiger partial charge in [-0.05, 0) is 19.3 Å². The molecule has 1 N–H and O–H groups in total. The van der Waals surface area contributed by atoms with Gasteiger partial charge in [-0.3, -0.25) is 4.90 Å². The first-order valence-electron chi connectivity index (χ1n) is 7.93. The first kappa shape index (κ1) is 15.1. The minimum Gasteiger partial charge on any atom is -0.335 e. The zero-order valence-corrected chi connectivity index (χ0v) is 12.5. The molecule has 1 heterocycles. The van der Waals surface area contributed by atoms with E-state index in [-0.39, 0.29) is 12.1 Å². The van der Waals surface area contributed by atoms with Gasteiger partial charge in [0.05, 0.1) is 12.1 Å². The summed E-state index contributed by atoms with van der Waals surface area (Å²) < 4.78 is 0.